The highest BCUT2D eigenvalue weighted by atomic mass is 19.4. The van der Waals surface area contributed by atoms with Crippen molar-refractivity contribution in [3.05, 3.63) is 70.8 Å². The number of carboxylic acids is 1. The van der Waals surface area contributed by atoms with E-state index >= 15 is 0 Å². The molecule has 60 heavy (non-hydrogen) atoms. The first-order valence-corrected chi connectivity index (χ1v) is 19.6. The minimum atomic E-state index is -4.46. The minimum Gasteiger partial charge on any atom is -0.481 e. The van der Waals surface area contributed by atoms with Gasteiger partial charge in [0.1, 0.15) is 29.8 Å². The van der Waals surface area contributed by atoms with Gasteiger partial charge < -0.3 is 29.4 Å². The molecular weight excluding hydrogens is 802 g/mol. The van der Waals surface area contributed by atoms with E-state index < -0.39 is 63.9 Å². The number of carboxylic acid groups (broad SMARTS) is 1. The van der Waals surface area contributed by atoms with Crippen LogP contribution in [0, 0.1) is 11.8 Å². The number of piperazine rings is 2. The molecule has 2 aromatic carbocycles. The van der Waals surface area contributed by atoms with Crippen LogP contribution in [0.1, 0.15) is 96.4 Å². The van der Waals surface area contributed by atoms with Gasteiger partial charge in [-0.25, -0.2) is 0 Å². The average Bonchev–Trinajstić information content (AvgIpc) is 3.08. The topological polar surface area (TPSA) is 145 Å². The SMILES string of the molecule is CC(C)N1CC(=O)N(Cc2ccc(C(F)(F)F)cc2)C2(CC(C(=O)O)C2)C1=O.CC(C)N1CC(=O)N(Cc2ccc(C(F)(F)F)cc2)C2(CC(C(=O)OC(C)(C)C)C2)C1=O. The fourth-order valence-electron chi connectivity index (χ4n) is 8.15. The zero-order valence-corrected chi connectivity index (χ0v) is 34.4. The van der Waals surface area contributed by atoms with Crippen LogP contribution < -0.4 is 0 Å². The lowest BCUT2D eigenvalue weighted by Gasteiger charge is -2.57. The Morgan fingerprint density at radius 1 is 0.650 bits per heavy atom. The molecule has 2 aromatic rings. The van der Waals surface area contributed by atoms with Crippen molar-refractivity contribution >= 4 is 35.6 Å². The van der Waals surface area contributed by atoms with Crippen LogP contribution >= 0.6 is 0 Å². The fourth-order valence-corrected chi connectivity index (χ4v) is 8.15. The molecule has 2 heterocycles. The highest BCUT2D eigenvalue weighted by molar-refractivity contribution is 6.01. The number of amides is 4. The molecule has 2 saturated heterocycles. The molecule has 1 N–H and O–H groups in total. The van der Waals surface area contributed by atoms with Gasteiger partial charge in [0.25, 0.3) is 0 Å². The van der Waals surface area contributed by atoms with Gasteiger partial charge in [0.05, 0.1) is 23.0 Å². The maximum absolute atomic E-state index is 13.4. The van der Waals surface area contributed by atoms with Crippen molar-refractivity contribution in [1.82, 2.24) is 19.6 Å². The van der Waals surface area contributed by atoms with E-state index in [0.717, 1.165) is 24.3 Å². The molecule has 0 aromatic heterocycles. The Balaban J connectivity index is 0.000000230. The molecule has 6 rings (SSSR count). The molecule has 0 bridgehead atoms. The van der Waals surface area contributed by atoms with Gasteiger partial charge in [0.15, 0.2) is 0 Å². The summed E-state index contributed by atoms with van der Waals surface area (Å²) in [5, 5.41) is 9.22. The van der Waals surface area contributed by atoms with E-state index in [1.165, 1.54) is 43.9 Å². The third kappa shape index (κ3) is 9.26. The summed E-state index contributed by atoms with van der Waals surface area (Å²) >= 11 is 0. The number of carbonyl (C=O) groups is 6. The number of alkyl halides is 6. The number of nitrogens with zero attached hydrogens (tertiary/aromatic N) is 4. The molecular formula is C42H50F6N4O8. The number of carbonyl (C=O) groups excluding carboxylic acids is 5. The van der Waals surface area contributed by atoms with Crippen molar-refractivity contribution in [2.75, 3.05) is 13.1 Å². The third-order valence-electron chi connectivity index (χ3n) is 11.5. The van der Waals surface area contributed by atoms with Crippen LogP contribution in [-0.2, 0) is 58.9 Å². The first-order valence-electron chi connectivity index (χ1n) is 19.6. The van der Waals surface area contributed by atoms with Crippen LogP contribution in [0.2, 0.25) is 0 Å². The molecule has 0 atom stereocenters. The second-order valence-electron chi connectivity index (χ2n) is 17.5. The van der Waals surface area contributed by atoms with Crippen molar-refractivity contribution in [2.45, 2.75) is 128 Å². The Morgan fingerprint density at radius 2 is 0.983 bits per heavy atom. The molecule has 328 valence electrons. The molecule has 4 amide bonds. The fraction of sp³-hybridized carbons (Fsp3) is 0.571. The van der Waals surface area contributed by atoms with E-state index in [-0.39, 0.29) is 87.6 Å². The smallest absolute Gasteiger partial charge is 0.416 e. The lowest BCUT2D eigenvalue weighted by molar-refractivity contribution is -0.188. The second kappa shape index (κ2) is 16.4. The Morgan fingerprint density at radius 3 is 1.27 bits per heavy atom. The van der Waals surface area contributed by atoms with Gasteiger partial charge in [0, 0.05) is 25.2 Å². The number of hydrogen-bond donors (Lipinski definition) is 1. The van der Waals surface area contributed by atoms with Crippen molar-refractivity contribution in [3.8, 4) is 0 Å². The molecule has 2 aliphatic carbocycles. The number of rotatable bonds is 8. The second-order valence-corrected chi connectivity index (χ2v) is 17.5. The molecule has 12 nitrogen and oxygen atoms in total. The van der Waals surface area contributed by atoms with E-state index in [0.29, 0.717) is 11.1 Å². The summed E-state index contributed by atoms with van der Waals surface area (Å²) in [5.41, 5.74) is -3.75. The molecule has 4 aliphatic rings. The highest BCUT2D eigenvalue weighted by Gasteiger charge is 2.63. The predicted octanol–water partition coefficient (Wildman–Crippen LogP) is 6.29. The number of aliphatic carboxylic acids is 1. The van der Waals surface area contributed by atoms with Gasteiger partial charge in [-0.1, -0.05) is 24.3 Å². The normalized spacial score (nSPS) is 24.8. The summed E-state index contributed by atoms with van der Waals surface area (Å²) in [6.07, 6.45) is -8.62. The van der Waals surface area contributed by atoms with Crippen LogP contribution in [0.15, 0.2) is 48.5 Å². The molecule has 0 unspecified atom stereocenters. The summed E-state index contributed by atoms with van der Waals surface area (Å²) in [5.74, 6) is -3.85. The standard InChI is InChI=1S/C23H29F3N2O4.C19H21F3N2O4/c1-14(2)27-13-18(29)28(12-15-6-8-17(9-7-15)23(24,25)26)22(20(27)31)10-16(11-22)19(30)32-21(3,4)5;1-11(2)23-10-15(25)24(18(17(23)28)7-13(8-18)16(26)27)9-12-3-5-14(6-4-12)19(20,21)22/h6-9,14,16H,10-13H2,1-5H3;3-6,11,13H,7-10H2,1-2H3,(H,26,27). The highest BCUT2D eigenvalue weighted by Crippen LogP contribution is 2.49. The lowest BCUT2D eigenvalue weighted by Crippen LogP contribution is -2.73. The molecule has 18 heteroatoms. The van der Waals surface area contributed by atoms with E-state index in [9.17, 15) is 60.2 Å². The van der Waals surface area contributed by atoms with Crippen molar-refractivity contribution in [3.63, 3.8) is 0 Å². The summed E-state index contributed by atoms with van der Waals surface area (Å²) in [4.78, 5) is 81.7. The summed E-state index contributed by atoms with van der Waals surface area (Å²) in [6, 6.07) is 8.54. The number of benzene rings is 2. The molecule has 2 aliphatic heterocycles. The van der Waals surface area contributed by atoms with Crippen LogP contribution in [0.4, 0.5) is 26.3 Å². The van der Waals surface area contributed by atoms with Crippen molar-refractivity contribution in [1.29, 1.82) is 0 Å². The third-order valence-corrected chi connectivity index (χ3v) is 11.5. The first-order chi connectivity index (χ1) is 27.6. The van der Waals surface area contributed by atoms with Crippen LogP contribution in [0.3, 0.4) is 0 Å². The molecule has 2 saturated carbocycles. The average molecular weight is 853 g/mol. The Hall–Kier alpha value is -5.16. The Kier molecular flexibility index (Phi) is 12.5. The quantitative estimate of drug-likeness (QED) is 0.241. The number of hydrogen-bond acceptors (Lipinski definition) is 7. The summed E-state index contributed by atoms with van der Waals surface area (Å²) < 4.78 is 82.3. The van der Waals surface area contributed by atoms with Crippen LogP contribution in [0.5, 0.6) is 0 Å². The van der Waals surface area contributed by atoms with Gasteiger partial charge >= 0.3 is 24.3 Å². The summed E-state index contributed by atoms with van der Waals surface area (Å²) in [7, 11) is 0. The van der Waals surface area contributed by atoms with E-state index in [2.05, 4.69) is 0 Å². The largest absolute Gasteiger partial charge is 0.481 e. The van der Waals surface area contributed by atoms with Gasteiger partial charge in [-0.05, 0) is 110 Å². The van der Waals surface area contributed by atoms with Crippen LogP contribution in [-0.4, -0.2) is 102 Å². The number of esters is 1. The van der Waals surface area contributed by atoms with E-state index in [1.807, 2.05) is 13.8 Å². The number of halogens is 6. The number of ether oxygens (including phenoxy) is 1. The first kappa shape index (κ1) is 45.9. The lowest BCUT2D eigenvalue weighted by atomic mass is 9.65. The van der Waals surface area contributed by atoms with Gasteiger partial charge in [0.2, 0.25) is 23.6 Å². The predicted molar refractivity (Wildman–Crippen MR) is 202 cm³/mol. The molecule has 0 radical (unpaired) electrons. The van der Waals surface area contributed by atoms with Gasteiger partial charge in [-0.2, -0.15) is 26.3 Å². The Labute approximate surface area is 343 Å². The van der Waals surface area contributed by atoms with Gasteiger partial charge in [-0.15, -0.1) is 0 Å². The van der Waals surface area contributed by atoms with Crippen molar-refractivity contribution < 1.29 is 65.0 Å². The van der Waals surface area contributed by atoms with E-state index in [1.54, 1.807) is 34.6 Å². The van der Waals surface area contributed by atoms with Gasteiger partial charge in [-0.3, -0.25) is 28.8 Å². The maximum atomic E-state index is 13.4. The summed E-state index contributed by atoms with van der Waals surface area (Å²) in [6.45, 7) is 12.2. The minimum absolute atomic E-state index is 0.00428. The molecule has 2 spiro atoms. The van der Waals surface area contributed by atoms with Crippen LogP contribution in [0.25, 0.3) is 0 Å². The zero-order valence-electron chi connectivity index (χ0n) is 34.4. The zero-order chi connectivity index (χ0) is 44.9. The van der Waals surface area contributed by atoms with Crippen molar-refractivity contribution in [2.24, 2.45) is 11.8 Å². The Bertz CT molecular complexity index is 1980. The maximum Gasteiger partial charge on any atom is 0.416 e. The molecule has 4 fully saturated rings. The van der Waals surface area contributed by atoms with E-state index in [4.69, 9.17) is 4.74 Å². The monoisotopic (exact) mass is 852 g/mol.